The van der Waals surface area contributed by atoms with Crippen molar-refractivity contribution in [2.24, 2.45) is 0 Å². The molecule has 0 spiro atoms. The minimum absolute atomic E-state index is 0.223. The number of hydrogen-bond donors (Lipinski definition) is 1. The van der Waals surface area contributed by atoms with E-state index in [1.165, 1.54) is 17.3 Å². The van der Waals surface area contributed by atoms with Gasteiger partial charge < -0.3 is 0 Å². The summed E-state index contributed by atoms with van der Waals surface area (Å²) in [5, 5.41) is 6.36. The number of hydrogen-bond acceptors (Lipinski definition) is 4. The summed E-state index contributed by atoms with van der Waals surface area (Å²) >= 11 is 0. The quantitative estimate of drug-likeness (QED) is 0.686. The molecule has 0 fully saturated rings. The van der Waals surface area contributed by atoms with Crippen LogP contribution in [0.2, 0.25) is 0 Å². The Hall–Kier alpha value is -1.98. The smallest absolute Gasteiger partial charge is 0.256 e. The van der Waals surface area contributed by atoms with E-state index in [-0.39, 0.29) is 11.8 Å². The molecule has 1 aliphatic heterocycles. The number of aromatic nitrogens is 3. The minimum atomic E-state index is -0.253. The van der Waals surface area contributed by atoms with Gasteiger partial charge in [-0.1, -0.05) is 0 Å². The van der Waals surface area contributed by atoms with Crippen LogP contribution in [0, 0.1) is 0 Å². The molecule has 78 valence electrons. The van der Waals surface area contributed by atoms with Gasteiger partial charge in [0.15, 0.2) is 0 Å². The third-order valence-electron chi connectivity index (χ3n) is 2.23. The number of carbonyl (C=O) groups is 2. The molecule has 1 aliphatic rings. The normalized spacial score (nSPS) is 16.1. The van der Waals surface area contributed by atoms with E-state index in [4.69, 9.17) is 0 Å². The Kier molecular flexibility index (Phi) is 2.32. The summed E-state index contributed by atoms with van der Waals surface area (Å²) < 4.78 is 0. The first-order chi connectivity index (χ1) is 7.18. The van der Waals surface area contributed by atoms with Crippen LogP contribution in [0.15, 0.2) is 18.0 Å². The zero-order valence-corrected chi connectivity index (χ0v) is 8.23. The lowest BCUT2D eigenvalue weighted by molar-refractivity contribution is -0.137. The van der Waals surface area contributed by atoms with Gasteiger partial charge in [-0.25, -0.2) is 4.98 Å². The fourth-order valence-electron chi connectivity index (χ4n) is 1.42. The number of rotatable bonds is 3. The van der Waals surface area contributed by atoms with Crippen LogP contribution < -0.4 is 0 Å². The first-order valence-corrected chi connectivity index (χ1v) is 4.57. The number of imide groups is 1. The number of aromatic amines is 1. The van der Waals surface area contributed by atoms with Crippen molar-refractivity contribution in [1.29, 1.82) is 0 Å². The molecule has 0 radical (unpaired) electrons. The molecule has 1 aromatic rings. The third-order valence-corrected chi connectivity index (χ3v) is 2.23. The molecule has 2 heterocycles. The first-order valence-electron chi connectivity index (χ1n) is 4.57. The summed E-state index contributed by atoms with van der Waals surface area (Å²) in [6.07, 6.45) is 3.24. The summed E-state index contributed by atoms with van der Waals surface area (Å²) in [4.78, 5) is 27.9. The topological polar surface area (TPSA) is 79.0 Å². The zero-order chi connectivity index (χ0) is 10.8. The van der Waals surface area contributed by atoms with E-state index in [2.05, 4.69) is 15.2 Å². The summed E-state index contributed by atoms with van der Waals surface area (Å²) in [7, 11) is 0. The van der Waals surface area contributed by atoms with E-state index < -0.39 is 0 Å². The maximum atomic E-state index is 11.5. The van der Waals surface area contributed by atoms with Crippen LogP contribution in [0.4, 0.5) is 0 Å². The van der Waals surface area contributed by atoms with Gasteiger partial charge in [0.25, 0.3) is 11.8 Å². The van der Waals surface area contributed by atoms with E-state index in [1.54, 1.807) is 6.92 Å². The summed E-state index contributed by atoms with van der Waals surface area (Å²) in [5.41, 5.74) is 0.484. The van der Waals surface area contributed by atoms with Crippen LogP contribution in [-0.4, -0.2) is 38.4 Å². The average Bonchev–Trinajstić information content (AvgIpc) is 2.76. The fraction of sp³-hybridized carbons (Fsp3) is 0.333. The molecule has 0 saturated carbocycles. The molecule has 0 unspecified atom stereocenters. The monoisotopic (exact) mass is 206 g/mol. The van der Waals surface area contributed by atoms with E-state index in [0.717, 1.165) is 0 Å². The van der Waals surface area contributed by atoms with Crippen molar-refractivity contribution < 1.29 is 9.59 Å². The molecular formula is C9H10N4O2. The predicted molar refractivity (Wildman–Crippen MR) is 50.6 cm³/mol. The highest BCUT2D eigenvalue weighted by atomic mass is 16.2. The SMILES string of the molecule is CC1=CC(=O)N(CCc2ncn[nH]2)C1=O. The van der Waals surface area contributed by atoms with Gasteiger partial charge in [0.1, 0.15) is 12.2 Å². The van der Waals surface area contributed by atoms with Crippen molar-refractivity contribution in [1.82, 2.24) is 20.1 Å². The molecule has 1 aromatic heterocycles. The molecule has 1 N–H and O–H groups in total. The molecule has 0 saturated heterocycles. The molecule has 0 aromatic carbocycles. The number of nitrogens with zero attached hydrogens (tertiary/aromatic N) is 3. The maximum Gasteiger partial charge on any atom is 0.256 e. The van der Waals surface area contributed by atoms with Gasteiger partial charge >= 0.3 is 0 Å². The van der Waals surface area contributed by atoms with Crippen molar-refractivity contribution in [3.63, 3.8) is 0 Å². The highest BCUT2D eigenvalue weighted by molar-refractivity contribution is 6.15. The second-order valence-corrected chi connectivity index (χ2v) is 3.30. The van der Waals surface area contributed by atoms with Crippen molar-refractivity contribution in [3.8, 4) is 0 Å². The van der Waals surface area contributed by atoms with E-state index in [9.17, 15) is 9.59 Å². The molecule has 2 rings (SSSR count). The first kappa shape index (κ1) is 9.57. The van der Waals surface area contributed by atoms with Gasteiger partial charge in [0, 0.05) is 24.6 Å². The number of amides is 2. The summed E-state index contributed by atoms with van der Waals surface area (Å²) in [5.74, 6) is 0.191. The minimum Gasteiger partial charge on any atom is -0.275 e. The van der Waals surface area contributed by atoms with Crippen LogP contribution in [0.25, 0.3) is 0 Å². The zero-order valence-electron chi connectivity index (χ0n) is 8.23. The predicted octanol–water partition coefficient (Wildman–Crippen LogP) is -0.338. The lowest BCUT2D eigenvalue weighted by Crippen LogP contribution is -2.32. The highest BCUT2D eigenvalue weighted by Crippen LogP contribution is 2.11. The molecule has 0 aliphatic carbocycles. The number of nitrogens with one attached hydrogen (secondary N) is 1. The second-order valence-electron chi connectivity index (χ2n) is 3.30. The molecule has 6 heteroatoms. The van der Waals surface area contributed by atoms with E-state index in [0.29, 0.717) is 24.4 Å². The Labute approximate surface area is 86.0 Å². The van der Waals surface area contributed by atoms with Crippen molar-refractivity contribution >= 4 is 11.8 Å². The van der Waals surface area contributed by atoms with Crippen LogP contribution >= 0.6 is 0 Å². The molecular weight excluding hydrogens is 196 g/mol. The van der Waals surface area contributed by atoms with Crippen LogP contribution in [0.1, 0.15) is 12.7 Å². The lowest BCUT2D eigenvalue weighted by Gasteiger charge is -2.12. The molecule has 6 nitrogen and oxygen atoms in total. The summed E-state index contributed by atoms with van der Waals surface area (Å²) in [6.45, 7) is 1.97. The van der Waals surface area contributed by atoms with Crippen LogP contribution in [0.3, 0.4) is 0 Å². The van der Waals surface area contributed by atoms with E-state index in [1.807, 2.05) is 0 Å². The van der Waals surface area contributed by atoms with Crippen molar-refractivity contribution in [2.75, 3.05) is 6.54 Å². The maximum absolute atomic E-state index is 11.5. The van der Waals surface area contributed by atoms with Gasteiger partial charge in [-0.2, -0.15) is 5.10 Å². The summed E-state index contributed by atoms with van der Waals surface area (Å²) in [6, 6.07) is 0. The second kappa shape index (κ2) is 3.64. The Morgan fingerprint density at radius 1 is 1.47 bits per heavy atom. The highest BCUT2D eigenvalue weighted by Gasteiger charge is 2.27. The van der Waals surface area contributed by atoms with Gasteiger partial charge in [-0.15, -0.1) is 0 Å². The van der Waals surface area contributed by atoms with Gasteiger partial charge in [0.05, 0.1) is 0 Å². The largest absolute Gasteiger partial charge is 0.275 e. The lowest BCUT2D eigenvalue weighted by atomic mass is 10.3. The van der Waals surface area contributed by atoms with Crippen LogP contribution in [-0.2, 0) is 16.0 Å². The Morgan fingerprint density at radius 3 is 2.80 bits per heavy atom. The molecule has 0 bridgehead atoms. The van der Waals surface area contributed by atoms with E-state index >= 15 is 0 Å². The van der Waals surface area contributed by atoms with Crippen LogP contribution in [0.5, 0.6) is 0 Å². The molecule has 15 heavy (non-hydrogen) atoms. The molecule has 0 atom stereocenters. The number of carbonyl (C=O) groups excluding carboxylic acids is 2. The van der Waals surface area contributed by atoms with Crippen molar-refractivity contribution in [3.05, 3.63) is 23.8 Å². The fourth-order valence-corrected chi connectivity index (χ4v) is 1.42. The number of H-pyrrole nitrogens is 1. The average molecular weight is 206 g/mol. The van der Waals surface area contributed by atoms with Gasteiger partial charge in [-0.3, -0.25) is 19.6 Å². The Bertz CT molecular complexity index is 421. The Balaban J connectivity index is 1.97. The Morgan fingerprint density at radius 2 is 2.27 bits per heavy atom. The molecule has 2 amide bonds. The van der Waals surface area contributed by atoms with Crippen molar-refractivity contribution in [2.45, 2.75) is 13.3 Å². The standard InChI is InChI=1S/C9H10N4O2/c1-6-4-8(14)13(9(6)15)3-2-7-10-5-11-12-7/h4-5H,2-3H2,1H3,(H,10,11,12). The van der Waals surface area contributed by atoms with Gasteiger partial charge in [-0.05, 0) is 6.92 Å². The van der Waals surface area contributed by atoms with Gasteiger partial charge in [0.2, 0.25) is 0 Å². The third kappa shape index (κ3) is 1.78.